The Morgan fingerprint density at radius 2 is 1.82 bits per heavy atom. The number of benzene rings is 3. The SMILES string of the molecule is CCOc1ccc(-c2nnc(SCC(=O)Nc3ccc(C#N)cc3)n2-c2ccccc2F)cc1. The van der Waals surface area contributed by atoms with Gasteiger partial charge in [0.25, 0.3) is 0 Å². The molecule has 0 saturated heterocycles. The number of aromatic nitrogens is 3. The third kappa shape index (κ3) is 5.24. The molecule has 0 fully saturated rings. The molecule has 0 saturated carbocycles. The Balaban J connectivity index is 1.59. The van der Waals surface area contributed by atoms with E-state index in [1.165, 1.54) is 6.07 Å². The van der Waals surface area contributed by atoms with Gasteiger partial charge in [-0.15, -0.1) is 10.2 Å². The highest BCUT2D eigenvalue weighted by Gasteiger charge is 2.19. The van der Waals surface area contributed by atoms with E-state index >= 15 is 0 Å². The second kappa shape index (κ2) is 10.6. The summed E-state index contributed by atoms with van der Waals surface area (Å²) >= 11 is 1.15. The molecule has 0 aliphatic heterocycles. The van der Waals surface area contributed by atoms with Crippen molar-refractivity contribution in [1.29, 1.82) is 5.26 Å². The second-order valence-electron chi connectivity index (χ2n) is 7.08. The van der Waals surface area contributed by atoms with Crippen LogP contribution in [0.1, 0.15) is 12.5 Å². The van der Waals surface area contributed by atoms with Gasteiger partial charge in [0.2, 0.25) is 5.91 Å². The number of ether oxygens (including phenoxy) is 1. The Labute approximate surface area is 200 Å². The monoisotopic (exact) mass is 473 g/mol. The lowest BCUT2D eigenvalue weighted by Crippen LogP contribution is -2.14. The molecule has 1 N–H and O–H groups in total. The lowest BCUT2D eigenvalue weighted by Gasteiger charge is -2.12. The maximum absolute atomic E-state index is 14.7. The van der Waals surface area contributed by atoms with Crippen molar-refractivity contribution in [1.82, 2.24) is 14.8 Å². The summed E-state index contributed by atoms with van der Waals surface area (Å²) in [6, 6.07) is 22.2. The number of amides is 1. The highest BCUT2D eigenvalue weighted by atomic mass is 32.2. The zero-order valence-electron chi connectivity index (χ0n) is 18.2. The van der Waals surface area contributed by atoms with Crippen LogP contribution in [-0.2, 0) is 4.79 Å². The Hall–Kier alpha value is -4.16. The van der Waals surface area contributed by atoms with Crippen molar-refractivity contribution in [3.8, 4) is 28.9 Å². The number of anilines is 1. The zero-order valence-corrected chi connectivity index (χ0v) is 19.1. The van der Waals surface area contributed by atoms with Gasteiger partial charge in [0.05, 0.1) is 29.7 Å². The van der Waals surface area contributed by atoms with Crippen molar-refractivity contribution in [2.45, 2.75) is 12.1 Å². The molecule has 0 bridgehead atoms. The van der Waals surface area contributed by atoms with E-state index in [2.05, 4.69) is 15.5 Å². The number of nitrogens with zero attached hydrogens (tertiary/aromatic N) is 4. The number of thioether (sulfide) groups is 1. The molecule has 1 aromatic heterocycles. The van der Waals surface area contributed by atoms with E-state index in [9.17, 15) is 9.18 Å². The van der Waals surface area contributed by atoms with Gasteiger partial charge in [0.15, 0.2) is 11.0 Å². The molecule has 0 aliphatic carbocycles. The molecule has 1 heterocycles. The molecule has 0 unspecified atom stereocenters. The van der Waals surface area contributed by atoms with Gasteiger partial charge < -0.3 is 10.1 Å². The Morgan fingerprint density at radius 3 is 2.50 bits per heavy atom. The molecule has 34 heavy (non-hydrogen) atoms. The summed E-state index contributed by atoms with van der Waals surface area (Å²) in [6.07, 6.45) is 0. The fraction of sp³-hybridized carbons (Fsp3) is 0.120. The maximum Gasteiger partial charge on any atom is 0.234 e. The predicted octanol–water partition coefficient (Wildman–Crippen LogP) is 5.07. The van der Waals surface area contributed by atoms with Gasteiger partial charge in [-0.3, -0.25) is 9.36 Å². The molecule has 4 aromatic rings. The van der Waals surface area contributed by atoms with Crippen LogP contribution in [0.2, 0.25) is 0 Å². The van der Waals surface area contributed by atoms with Gasteiger partial charge in [-0.2, -0.15) is 5.26 Å². The van der Waals surface area contributed by atoms with Crippen molar-refractivity contribution in [2.24, 2.45) is 0 Å². The standard InChI is InChI=1S/C25H20FN5O2S/c1-2-33-20-13-9-18(10-14-20)24-29-30-25(31(24)22-6-4-3-5-21(22)26)34-16-23(32)28-19-11-7-17(15-27)8-12-19/h3-14H,2,16H2,1H3,(H,28,32). The summed E-state index contributed by atoms with van der Waals surface area (Å²) in [4.78, 5) is 12.5. The fourth-order valence-electron chi connectivity index (χ4n) is 3.22. The number of halogens is 1. The van der Waals surface area contributed by atoms with Gasteiger partial charge in [0.1, 0.15) is 11.6 Å². The summed E-state index contributed by atoms with van der Waals surface area (Å²) in [5.41, 5.74) is 2.10. The summed E-state index contributed by atoms with van der Waals surface area (Å²) in [6.45, 7) is 2.46. The molecular weight excluding hydrogens is 453 g/mol. The van der Waals surface area contributed by atoms with E-state index in [-0.39, 0.29) is 17.3 Å². The van der Waals surface area contributed by atoms with Crippen molar-refractivity contribution in [3.63, 3.8) is 0 Å². The van der Waals surface area contributed by atoms with Crippen LogP contribution in [0.15, 0.2) is 78.0 Å². The summed E-state index contributed by atoms with van der Waals surface area (Å²) in [5.74, 6) is 0.509. The van der Waals surface area contributed by atoms with Gasteiger partial charge in [-0.05, 0) is 67.6 Å². The van der Waals surface area contributed by atoms with Crippen LogP contribution >= 0.6 is 11.8 Å². The smallest absolute Gasteiger partial charge is 0.234 e. The quantitative estimate of drug-likeness (QED) is 0.359. The van der Waals surface area contributed by atoms with Crippen LogP contribution in [0.3, 0.4) is 0 Å². The number of carbonyl (C=O) groups excluding carboxylic acids is 1. The molecule has 0 spiro atoms. The predicted molar refractivity (Wildman–Crippen MR) is 128 cm³/mol. The van der Waals surface area contributed by atoms with Crippen molar-refractivity contribution in [2.75, 3.05) is 17.7 Å². The fourth-order valence-corrected chi connectivity index (χ4v) is 3.97. The lowest BCUT2D eigenvalue weighted by molar-refractivity contribution is -0.113. The third-order valence-electron chi connectivity index (χ3n) is 4.78. The highest BCUT2D eigenvalue weighted by molar-refractivity contribution is 7.99. The Kier molecular flexibility index (Phi) is 7.20. The number of carbonyl (C=O) groups is 1. The first-order valence-corrected chi connectivity index (χ1v) is 11.4. The lowest BCUT2D eigenvalue weighted by atomic mass is 10.2. The molecule has 0 radical (unpaired) electrons. The minimum absolute atomic E-state index is 0.0376. The number of nitriles is 1. The summed E-state index contributed by atoms with van der Waals surface area (Å²) in [7, 11) is 0. The normalized spacial score (nSPS) is 10.5. The number of nitrogens with one attached hydrogen (secondary N) is 1. The van der Waals surface area contributed by atoms with Crippen LogP contribution < -0.4 is 10.1 Å². The van der Waals surface area contributed by atoms with E-state index in [1.54, 1.807) is 47.0 Å². The molecule has 1 amide bonds. The van der Waals surface area contributed by atoms with E-state index in [4.69, 9.17) is 10.00 Å². The number of para-hydroxylation sites is 1. The Bertz CT molecular complexity index is 1330. The molecule has 4 rings (SSSR count). The first-order valence-electron chi connectivity index (χ1n) is 10.5. The first kappa shape index (κ1) is 23.0. The van der Waals surface area contributed by atoms with Crippen LogP contribution in [0.25, 0.3) is 17.1 Å². The van der Waals surface area contributed by atoms with E-state index in [0.29, 0.717) is 28.8 Å². The first-order chi connectivity index (χ1) is 16.6. The minimum atomic E-state index is -0.432. The van der Waals surface area contributed by atoms with E-state index in [1.807, 2.05) is 37.3 Å². The molecule has 170 valence electrons. The van der Waals surface area contributed by atoms with Crippen LogP contribution in [0.4, 0.5) is 10.1 Å². The van der Waals surface area contributed by atoms with Gasteiger partial charge >= 0.3 is 0 Å². The van der Waals surface area contributed by atoms with E-state index < -0.39 is 5.82 Å². The van der Waals surface area contributed by atoms with Crippen molar-refractivity contribution >= 4 is 23.4 Å². The van der Waals surface area contributed by atoms with Gasteiger partial charge in [-0.25, -0.2) is 4.39 Å². The molecule has 7 nitrogen and oxygen atoms in total. The van der Waals surface area contributed by atoms with Crippen molar-refractivity contribution < 1.29 is 13.9 Å². The zero-order chi connectivity index (χ0) is 23.9. The largest absolute Gasteiger partial charge is 0.494 e. The number of hydrogen-bond acceptors (Lipinski definition) is 6. The molecule has 0 atom stereocenters. The maximum atomic E-state index is 14.7. The summed E-state index contributed by atoms with van der Waals surface area (Å²) < 4.78 is 21.8. The number of hydrogen-bond donors (Lipinski definition) is 1. The average Bonchev–Trinajstić information content (AvgIpc) is 3.28. The third-order valence-corrected chi connectivity index (χ3v) is 5.71. The minimum Gasteiger partial charge on any atom is -0.494 e. The Morgan fingerprint density at radius 1 is 1.09 bits per heavy atom. The average molecular weight is 474 g/mol. The van der Waals surface area contributed by atoms with E-state index in [0.717, 1.165) is 23.1 Å². The van der Waals surface area contributed by atoms with Crippen LogP contribution in [-0.4, -0.2) is 33.0 Å². The topological polar surface area (TPSA) is 92.8 Å². The summed E-state index contributed by atoms with van der Waals surface area (Å²) in [5, 5.41) is 20.6. The number of rotatable bonds is 8. The van der Waals surface area contributed by atoms with Crippen LogP contribution in [0.5, 0.6) is 5.75 Å². The van der Waals surface area contributed by atoms with Crippen LogP contribution in [0, 0.1) is 17.1 Å². The highest BCUT2D eigenvalue weighted by Crippen LogP contribution is 2.30. The second-order valence-corrected chi connectivity index (χ2v) is 8.02. The van der Waals surface area contributed by atoms with Gasteiger partial charge in [-0.1, -0.05) is 23.9 Å². The molecule has 3 aromatic carbocycles. The molecule has 0 aliphatic rings. The van der Waals surface area contributed by atoms with Gasteiger partial charge in [0, 0.05) is 11.3 Å². The molecule has 9 heteroatoms. The van der Waals surface area contributed by atoms with Crippen molar-refractivity contribution in [3.05, 3.63) is 84.2 Å². The molecular formula is C25H20FN5O2S.